The van der Waals surface area contributed by atoms with Gasteiger partial charge in [0.1, 0.15) is 13.2 Å². The number of unbranched alkanes of at least 4 members (excludes halogenated alkanes) is 38. The van der Waals surface area contributed by atoms with Crippen molar-refractivity contribution >= 4 is 17.9 Å². The van der Waals surface area contributed by atoms with Crippen LogP contribution >= 0.6 is 0 Å². The van der Waals surface area contributed by atoms with Crippen LogP contribution in [0.4, 0.5) is 0 Å². The number of hydrogen-bond acceptors (Lipinski definition) is 6. The zero-order valence-electron chi connectivity index (χ0n) is 47.6. The third kappa shape index (κ3) is 55.6. The highest BCUT2D eigenvalue weighted by molar-refractivity contribution is 5.71. The zero-order chi connectivity index (χ0) is 50.5. The van der Waals surface area contributed by atoms with Crippen molar-refractivity contribution in [1.82, 2.24) is 0 Å². The van der Waals surface area contributed by atoms with Crippen LogP contribution in [0.25, 0.3) is 0 Å². The zero-order valence-corrected chi connectivity index (χ0v) is 47.6. The lowest BCUT2D eigenvalue weighted by Gasteiger charge is -2.18. The van der Waals surface area contributed by atoms with Crippen molar-refractivity contribution in [3.05, 3.63) is 0 Å². The summed E-state index contributed by atoms with van der Waals surface area (Å²) in [5.41, 5.74) is 0. The topological polar surface area (TPSA) is 78.9 Å². The Morgan fingerprint density at radius 3 is 0.754 bits per heavy atom. The van der Waals surface area contributed by atoms with E-state index in [4.69, 9.17) is 14.2 Å². The van der Waals surface area contributed by atoms with E-state index in [1.165, 1.54) is 231 Å². The van der Waals surface area contributed by atoms with Gasteiger partial charge in [0, 0.05) is 19.3 Å². The van der Waals surface area contributed by atoms with Gasteiger partial charge < -0.3 is 14.2 Å². The minimum atomic E-state index is -0.764. The van der Waals surface area contributed by atoms with E-state index in [-0.39, 0.29) is 31.1 Å². The summed E-state index contributed by atoms with van der Waals surface area (Å²) in [6.07, 6.45) is 58.2. The first kappa shape index (κ1) is 67.4. The second-order valence-electron chi connectivity index (χ2n) is 22.9. The highest BCUT2D eigenvalue weighted by Gasteiger charge is 2.19. The smallest absolute Gasteiger partial charge is 0.306 e. The minimum absolute atomic E-state index is 0.0632. The van der Waals surface area contributed by atoms with Crippen LogP contribution in [-0.2, 0) is 28.6 Å². The van der Waals surface area contributed by atoms with Gasteiger partial charge in [0.2, 0.25) is 0 Å². The molecule has 0 N–H and O–H groups in total. The third-order valence-electron chi connectivity index (χ3n) is 14.8. The molecule has 0 aromatic rings. The number of ether oxygens (including phenoxy) is 3. The van der Waals surface area contributed by atoms with Gasteiger partial charge in [0.15, 0.2) is 6.10 Å². The summed E-state index contributed by atoms with van der Waals surface area (Å²) in [5, 5.41) is 0. The summed E-state index contributed by atoms with van der Waals surface area (Å²) >= 11 is 0. The molecule has 0 aliphatic heterocycles. The van der Waals surface area contributed by atoms with Gasteiger partial charge >= 0.3 is 17.9 Å². The number of carbonyl (C=O) groups is 3. The molecule has 0 fully saturated rings. The van der Waals surface area contributed by atoms with Crippen LogP contribution in [0.15, 0.2) is 0 Å². The van der Waals surface area contributed by atoms with Gasteiger partial charge in [0.25, 0.3) is 0 Å². The van der Waals surface area contributed by atoms with Crippen LogP contribution in [0, 0.1) is 17.8 Å². The fourth-order valence-corrected chi connectivity index (χ4v) is 9.67. The Balaban J connectivity index is 4.24. The summed E-state index contributed by atoms with van der Waals surface area (Å²) in [5.74, 6) is 1.72. The molecular weight excluding hydrogens is 853 g/mol. The largest absolute Gasteiger partial charge is 0.462 e. The molecule has 410 valence electrons. The molecule has 2 atom stereocenters. The molecule has 0 saturated heterocycles. The van der Waals surface area contributed by atoms with Gasteiger partial charge in [-0.1, -0.05) is 311 Å². The van der Waals surface area contributed by atoms with Gasteiger partial charge in [-0.25, -0.2) is 0 Å². The molecule has 69 heavy (non-hydrogen) atoms. The molecule has 0 amide bonds. The number of hydrogen-bond donors (Lipinski definition) is 0. The van der Waals surface area contributed by atoms with E-state index in [0.717, 1.165) is 75.5 Å². The van der Waals surface area contributed by atoms with Crippen LogP contribution in [0.5, 0.6) is 0 Å². The molecule has 0 aliphatic rings. The van der Waals surface area contributed by atoms with Crippen molar-refractivity contribution in [3.63, 3.8) is 0 Å². The van der Waals surface area contributed by atoms with Crippen LogP contribution in [0.3, 0.4) is 0 Å². The van der Waals surface area contributed by atoms with Crippen LogP contribution < -0.4 is 0 Å². The Kier molecular flexibility index (Phi) is 52.9. The third-order valence-corrected chi connectivity index (χ3v) is 14.8. The van der Waals surface area contributed by atoms with Crippen molar-refractivity contribution in [2.75, 3.05) is 13.2 Å². The Morgan fingerprint density at radius 2 is 0.507 bits per heavy atom. The van der Waals surface area contributed by atoms with Crippen LogP contribution in [0.2, 0.25) is 0 Å². The molecule has 1 unspecified atom stereocenters. The Hall–Kier alpha value is -1.59. The maximum atomic E-state index is 12.9. The maximum Gasteiger partial charge on any atom is 0.306 e. The van der Waals surface area contributed by atoms with E-state index in [1.807, 2.05) is 0 Å². The Morgan fingerprint density at radius 1 is 0.290 bits per heavy atom. The summed E-state index contributed by atoms with van der Waals surface area (Å²) in [6, 6.07) is 0. The monoisotopic (exact) mass is 975 g/mol. The molecule has 0 aromatic heterocycles. The number of esters is 3. The molecule has 0 heterocycles. The van der Waals surface area contributed by atoms with E-state index in [0.29, 0.717) is 19.3 Å². The average Bonchev–Trinajstić information content (AvgIpc) is 3.32. The number of rotatable bonds is 56. The van der Waals surface area contributed by atoms with E-state index >= 15 is 0 Å². The molecule has 0 radical (unpaired) electrons. The first-order chi connectivity index (χ1) is 33.6. The fourth-order valence-electron chi connectivity index (χ4n) is 9.67. The van der Waals surface area contributed by atoms with Gasteiger partial charge in [-0.3, -0.25) is 14.4 Å². The van der Waals surface area contributed by atoms with Crippen molar-refractivity contribution < 1.29 is 28.6 Å². The van der Waals surface area contributed by atoms with E-state index in [1.54, 1.807) is 0 Å². The number of carbonyl (C=O) groups excluding carboxylic acids is 3. The predicted molar refractivity (Wildman–Crippen MR) is 298 cm³/mol. The van der Waals surface area contributed by atoms with Gasteiger partial charge in [-0.2, -0.15) is 0 Å². The molecule has 6 nitrogen and oxygen atoms in total. The summed E-state index contributed by atoms with van der Waals surface area (Å²) < 4.78 is 16.9. The van der Waals surface area contributed by atoms with Gasteiger partial charge in [0.05, 0.1) is 0 Å². The molecule has 0 rings (SSSR count). The van der Waals surface area contributed by atoms with E-state index in [2.05, 4.69) is 41.5 Å². The van der Waals surface area contributed by atoms with E-state index < -0.39 is 6.10 Å². The predicted octanol–water partition coefficient (Wildman–Crippen LogP) is 20.7. The lowest BCUT2D eigenvalue weighted by Crippen LogP contribution is -2.30. The summed E-state index contributed by atoms with van der Waals surface area (Å²) in [7, 11) is 0. The second kappa shape index (κ2) is 54.2. The lowest BCUT2D eigenvalue weighted by molar-refractivity contribution is -0.167. The summed E-state index contributed by atoms with van der Waals surface area (Å²) in [4.78, 5) is 38.2. The molecule has 0 spiro atoms. The van der Waals surface area contributed by atoms with Crippen molar-refractivity contribution in [2.24, 2.45) is 17.8 Å². The fraction of sp³-hybridized carbons (Fsp3) is 0.952. The molecule has 0 aliphatic carbocycles. The Labute approximate surface area is 431 Å². The molecular formula is C63H122O6. The lowest BCUT2D eigenvalue weighted by atomic mass is 9.99. The van der Waals surface area contributed by atoms with Gasteiger partial charge in [-0.15, -0.1) is 0 Å². The maximum absolute atomic E-state index is 12.9. The molecule has 0 saturated carbocycles. The van der Waals surface area contributed by atoms with Crippen molar-refractivity contribution in [3.8, 4) is 0 Å². The van der Waals surface area contributed by atoms with Crippen LogP contribution in [-0.4, -0.2) is 37.2 Å². The Bertz CT molecular complexity index is 1070. The minimum Gasteiger partial charge on any atom is -0.462 e. The second-order valence-corrected chi connectivity index (χ2v) is 22.9. The first-order valence-electron chi connectivity index (χ1n) is 31.1. The first-order valence-corrected chi connectivity index (χ1v) is 31.1. The normalized spacial score (nSPS) is 12.5. The highest BCUT2D eigenvalue weighted by Crippen LogP contribution is 2.19. The van der Waals surface area contributed by atoms with Crippen molar-refractivity contribution in [1.29, 1.82) is 0 Å². The molecule has 6 heteroatoms. The molecule has 0 aromatic carbocycles. The standard InChI is InChI=1S/C63H122O6/c1-7-59(6)51-45-39-33-27-21-17-12-10-8-9-11-13-19-23-29-36-42-48-54-63(66)69-60(56-68-62(65)53-47-41-35-30-24-26-32-38-44-50-58(4)5)55-67-61(64)52-46-40-34-28-22-18-15-14-16-20-25-31-37-43-49-57(2)3/h57-60H,7-56H2,1-6H3/t59?,60-/m1/s1. The van der Waals surface area contributed by atoms with Gasteiger partial charge in [-0.05, 0) is 37.0 Å². The summed E-state index contributed by atoms with van der Waals surface area (Å²) in [6.45, 7) is 13.8. The average molecular weight is 976 g/mol. The van der Waals surface area contributed by atoms with E-state index in [9.17, 15) is 14.4 Å². The highest BCUT2D eigenvalue weighted by atomic mass is 16.6. The van der Waals surface area contributed by atoms with Crippen LogP contribution in [0.1, 0.15) is 350 Å². The quantitative estimate of drug-likeness (QED) is 0.0343. The van der Waals surface area contributed by atoms with Crippen molar-refractivity contribution in [2.45, 2.75) is 356 Å². The SMILES string of the molecule is CCC(C)CCCCCCCCCCCCCCCCCCCCC(=O)O[C@H](COC(=O)CCCCCCCCCCCCCCCCC(C)C)COC(=O)CCCCCCCCCCCC(C)C. The molecule has 0 bridgehead atoms.